The fourth-order valence-corrected chi connectivity index (χ4v) is 1.73. The first-order chi connectivity index (χ1) is 7.74. The molecule has 0 aliphatic carbocycles. The van der Waals surface area contributed by atoms with Crippen LogP contribution in [-0.4, -0.2) is 25.0 Å². The first kappa shape index (κ1) is 11.4. The molecule has 1 aromatic rings. The minimum atomic E-state index is -1.48. The Morgan fingerprint density at radius 2 is 2.06 bits per heavy atom. The fourth-order valence-electron chi connectivity index (χ4n) is 1.73. The molecule has 1 atom stereocenters. The molecule has 1 aromatic carbocycles. The van der Waals surface area contributed by atoms with E-state index in [9.17, 15) is 13.9 Å². The summed E-state index contributed by atoms with van der Waals surface area (Å²) in [6.07, 6.45) is -2.20. The average molecular weight is 230 g/mol. The number of ether oxygens (including phenoxy) is 2. The summed E-state index contributed by atoms with van der Waals surface area (Å²) < 4.78 is 36.3. The molecule has 0 spiro atoms. The van der Waals surface area contributed by atoms with Crippen molar-refractivity contribution in [1.29, 1.82) is 0 Å². The van der Waals surface area contributed by atoms with Crippen LogP contribution in [0.1, 0.15) is 23.5 Å². The third kappa shape index (κ3) is 2.07. The molecule has 16 heavy (non-hydrogen) atoms. The van der Waals surface area contributed by atoms with Crippen molar-refractivity contribution in [1.82, 2.24) is 0 Å². The van der Waals surface area contributed by atoms with Crippen LogP contribution in [0, 0.1) is 5.82 Å². The van der Waals surface area contributed by atoms with Gasteiger partial charge in [0.25, 0.3) is 0 Å². The lowest BCUT2D eigenvalue weighted by Crippen LogP contribution is -2.11. The van der Waals surface area contributed by atoms with Crippen molar-refractivity contribution in [3.8, 4) is 0 Å². The highest BCUT2D eigenvalue weighted by molar-refractivity contribution is 5.32. The molecule has 1 aliphatic heterocycles. The van der Waals surface area contributed by atoms with E-state index < -0.39 is 24.9 Å². The lowest BCUT2D eigenvalue weighted by molar-refractivity contribution is -0.0465. The topological polar surface area (TPSA) is 38.7 Å². The molecule has 5 heteroatoms. The summed E-state index contributed by atoms with van der Waals surface area (Å²) in [6.45, 7) is -0.223. The minimum Gasteiger partial charge on any atom is -0.386 e. The van der Waals surface area contributed by atoms with E-state index in [2.05, 4.69) is 0 Å². The smallest absolute Gasteiger partial charge is 0.184 e. The molecule has 88 valence electrons. The number of aliphatic hydroxyl groups is 1. The van der Waals surface area contributed by atoms with E-state index in [0.717, 1.165) is 0 Å². The highest BCUT2D eigenvalue weighted by Gasteiger charge is 2.26. The molecular weight excluding hydrogens is 218 g/mol. The van der Waals surface area contributed by atoms with E-state index in [4.69, 9.17) is 9.47 Å². The van der Waals surface area contributed by atoms with Crippen LogP contribution in [0.2, 0.25) is 0 Å². The van der Waals surface area contributed by atoms with Gasteiger partial charge in [-0.25, -0.2) is 8.78 Å². The maximum absolute atomic E-state index is 13.5. The second-order valence-corrected chi connectivity index (χ2v) is 3.49. The zero-order valence-electron chi connectivity index (χ0n) is 8.53. The molecule has 0 radical (unpaired) electrons. The lowest BCUT2D eigenvalue weighted by atomic mass is 10.0. The molecular formula is C11H12F2O3. The highest BCUT2D eigenvalue weighted by atomic mass is 19.1. The zero-order valence-corrected chi connectivity index (χ0v) is 8.53. The summed E-state index contributed by atoms with van der Waals surface area (Å²) in [5.41, 5.74) is 0.263. The van der Waals surface area contributed by atoms with Crippen LogP contribution < -0.4 is 0 Å². The molecule has 0 amide bonds. The monoisotopic (exact) mass is 230 g/mol. The second-order valence-electron chi connectivity index (χ2n) is 3.49. The Labute approximate surface area is 91.6 Å². The van der Waals surface area contributed by atoms with Gasteiger partial charge in [-0.1, -0.05) is 12.1 Å². The molecule has 0 aromatic heterocycles. The predicted molar refractivity (Wildman–Crippen MR) is 52.0 cm³/mol. The molecule has 1 unspecified atom stereocenters. The zero-order chi connectivity index (χ0) is 11.5. The van der Waals surface area contributed by atoms with Gasteiger partial charge in [-0.15, -0.1) is 0 Å². The Balaban J connectivity index is 2.38. The van der Waals surface area contributed by atoms with Gasteiger partial charge < -0.3 is 14.6 Å². The molecule has 1 aliphatic rings. The summed E-state index contributed by atoms with van der Waals surface area (Å²) in [6, 6.07) is 4.21. The average Bonchev–Trinajstić information content (AvgIpc) is 2.81. The predicted octanol–water partition coefficient (Wildman–Crippen LogP) is 1.87. The summed E-state index contributed by atoms with van der Waals surface area (Å²) in [5.74, 6) is -0.651. The van der Waals surface area contributed by atoms with Crippen LogP contribution >= 0.6 is 0 Å². The second kappa shape index (κ2) is 4.86. The van der Waals surface area contributed by atoms with Crippen molar-refractivity contribution >= 4 is 0 Å². The first-order valence-electron chi connectivity index (χ1n) is 4.99. The third-order valence-corrected chi connectivity index (χ3v) is 2.44. The summed E-state index contributed by atoms with van der Waals surface area (Å²) in [7, 11) is 0. The van der Waals surface area contributed by atoms with Gasteiger partial charge in [-0.3, -0.25) is 0 Å². The summed E-state index contributed by atoms with van der Waals surface area (Å²) in [5, 5.41) is 9.43. The number of hydrogen-bond donors (Lipinski definition) is 1. The Morgan fingerprint density at radius 1 is 1.38 bits per heavy atom. The minimum absolute atomic E-state index is 0.0862. The number of benzene rings is 1. The first-order valence-corrected chi connectivity index (χ1v) is 4.99. The van der Waals surface area contributed by atoms with Gasteiger partial charge in [0.1, 0.15) is 18.6 Å². The van der Waals surface area contributed by atoms with E-state index in [0.29, 0.717) is 18.8 Å². The van der Waals surface area contributed by atoms with Crippen LogP contribution in [0.5, 0.6) is 0 Å². The van der Waals surface area contributed by atoms with E-state index >= 15 is 0 Å². The van der Waals surface area contributed by atoms with Crippen molar-refractivity contribution in [2.45, 2.75) is 12.4 Å². The van der Waals surface area contributed by atoms with Gasteiger partial charge in [0.05, 0.1) is 13.2 Å². The number of halogens is 2. The van der Waals surface area contributed by atoms with E-state index in [1.807, 2.05) is 0 Å². The molecule has 1 N–H and O–H groups in total. The van der Waals surface area contributed by atoms with E-state index in [1.165, 1.54) is 12.1 Å². The lowest BCUT2D eigenvalue weighted by Gasteiger charge is -2.17. The summed E-state index contributed by atoms with van der Waals surface area (Å²) in [4.78, 5) is 0. The quantitative estimate of drug-likeness (QED) is 0.861. The molecule has 3 nitrogen and oxygen atoms in total. The Morgan fingerprint density at radius 3 is 2.69 bits per heavy atom. The molecule has 1 fully saturated rings. The van der Waals surface area contributed by atoms with Gasteiger partial charge in [0, 0.05) is 11.1 Å². The van der Waals surface area contributed by atoms with Gasteiger partial charge in [0.2, 0.25) is 0 Å². The Hall–Kier alpha value is -1.04. The fraction of sp³-hybridized carbons (Fsp3) is 0.455. The van der Waals surface area contributed by atoms with Crippen LogP contribution in [0.4, 0.5) is 8.78 Å². The molecule has 0 bridgehead atoms. The maximum Gasteiger partial charge on any atom is 0.184 e. The number of hydrogen-bond acceptors (Lipinski definition) is 3. The largest absolute Gasteiger partial charge is 0.386 e. The number of alkyl halides is 1. The normalized spacial score (nSPS) is 18.9. The van der Waals surface area contributed by atoms with Crippen molar-refractivity contribution in [3.05, 3.63) is 35.1 Å². The van der Waals surface area contributed by atoms with Gasteiger partial charge >= 0.3 is 0 Å². The van der Waals surface area contributed by atoms with Crippen LogP contribution in [-0.2, 0) is 9.47 Å². The molecule has 2 rings (SSSR count). The standard InChI is InChI=1S/C11H12F2O3/c12-6-9(14)10-7(2-1-3-8(10)13)11-15-4-5-16-11/h1-3,9,11,14H,4-6H2. The van der Waals surface area contributed by atoms with Gasteiger partial charge in [0.15, 0.2) is 6.29 Å². The number of rotatable bonds is 3. The van der Waals surface area contributed by atoms with Crippen molar-refractivity contribution in [2.24, 2.45) is 0 Å². The van der Waals surface area contributed by atoms with Crippen LogP contribution in [0.25, 0.3) is 0 Å². The molecule has 1 saturated heterocycles. The maximum atomic E-state index is 13.5. The van der Waals surface area contributed by atoms with Crippen molar-refractivity contribution in [2.75, 3.05) is 19.9 Å². The van der Waals surface area contributed by atoms with Crippen LogP contribution in [0.15, 0.2) is 18.2 Å². The SMILES string of the molecule is OC(CF)c1c(F)cccc1C1OCCO1. The summed E-state index contributed by atoms with van der Waals surface area (Å²) >= 11 is 0. The van der Waals surface area contributed by atoms with E-state index in [1.54, 1.807) is 6.07 Å². The highest BCUT2D eigenvalue weighted by Crippen LogP contribution is 2.31. The van der Waals surface area contributed by atoms with Crippen LogP contribution in [0.3, 0.4) is 0 Å². The Kier molecular flexibility index (Phi) is 3.48. The van der Waals surface area contributed by atoms with Crippen molar-refractivity contribution < 1.29 is 23.4 Å². The van der Waals surface area contributed by atoms with Crippen molar-refractivity contribution in [3.63, 3.8) is 0 Å². The van der Waals surface area contributed by atoms with Gasteiger partial charge in [-0.05, 0) is 6.07 Å². The third-order valence-electron chi connectivity index (χ3n) is 2.44. The van der Waals surface area contributed by atoms with E-state index in [-0.39, 0.29) is 5.56 Å². The molecule has 1 heterocycles. The van der Waals surface area contributed by atoms with Gasteiger partial charge in [-0.2, -0.15) is 0 Å². The molecule has 0 saturated carbocycles. The Bertz CT molecular complexity index is 364. The number of aliphatic hydroxyl groups excluding tert-OH is 1.